The molecule has 0 aromatic carbocycles. The Morgan fingerprint density at radius 3 is 0.696 bits per heavy atom. The number of phosphoric acid groups is 2. The molecule has 102 heavy (non-hydrogen) atoms. The molecule has 0 aliphatic carbocycles. The third-order valence-electron chi connectivity index (χ3n) is 19.7. The van der Waals surface area contributed by atoms with Crippen molar-refractivity contribution >= 4 is 39.5 Å². The number of ether oxygens (including phenoxy) is 4. The highest BCUT2D eigenvalue weighted by molar-refractivity contribution is 7.47. The van der Waals surface area contributed by atoms with E-state index < -0.39 is 97.5 Å². The van der Waals surface area contributed by atoms with E-state index in [-0.39, 0.29) is 25.7 Å². The van der Waals surface area contributed by atoms with Crippen LogP contribution in [-0.2, 0) is 65.4 Å². The lowest BCUT2D eigenvalue weighted by Crippen LogP contribution is -2.30. The van der Waals surface area contributed by atoms with Crippen LogP contribution in [0.25, 0.3) is 0 Å². The lowest BCUT2D eigenvalue weighted by molar-refractivity contribution is -0.161. The topological polar surface area (TPSA) is 237 Å². The minimum Gasteiger partial charge on any atom is -0.462 e. The Morgan fingerprint density at radius 2 is 0.471 bits per heavy atom. The normalized spacial score (nSPS) is 14.3. The number of unbranched alkanes of at least 4 members (excludes halogenated alkanes) is 45. The van der Waals surface area contributed by atoms with Gasteiger partial charge in [0.05, 0.1) is 26.4 Å². The van der Waals surface area contributed by atoms with Gasteiger partial charge in [0.2, 0.25) is 0 Å². The average molecular weight is 1490 g/mol. The van der Waals surface area contributed by atoms with Crippen LogP contribution in [-0.4, -0.2) is 96.7 Å². The summed E-state index contributed by atoms with van der Waals surface area (Å²) in [6.45, 7) is 14.2. The van der Waals surface area contributed by atoms with Gasteiger partial charge in [-0.1, -0.05) is 376 Å². The molecule has 19 heteroatoms. The molecule has 17 nitrogen and oxygen atoms in total. The number of esters is 4. The second kappa shape index (κ2) is 72.0. The molecule has 0 bridgehead atoms. The van der Waals surface area contributed by atoms with Crippen LogP contribution in [0.1, 0.15) is 428 Å². The number of rotatable bonds is 80. The van der Waals surface area contributed by atoms with E-state index in [1.807, 2.05) is 0 Å². The summed E-state index contributed by atoms with van der Waals surface area (Å²) < 4.78 is 68.7. The fourth-order valence-corrected chi connectivity index (χ4v) is 14.3. The number of carbonyl (C=O) groups is 4. The zero-order valence-corrected chi connectivity index (χ0v) is 69.0. The maximum Gasteiger partial charge on any atom is 0.472 e. The summed E-state index contributed by atoms with van der Waals surface area (Å²) in [7, 11) is -9.92. The Labute approximate surface area is 626 Å². The smallest absolute Gasteiger partial charge is 0.462 e. The highest BCUT2D eigenvalue weighted by Crippen LogP contribution is 2.45. The van der Waals surface area contributed by atoms with Gasteiger partial charge in [0.1, 0.15) is 19.3 Å². The van der Waals surface area contributed by atoms with E-state index >= 15 is 0 Å². The molecule has 0 aromatic rings. The first-order valence-corrected chi connectivity index (χ1v) is 45.7. The van der Waals surface area contributed by atoms with Crippen LogP contribution in [0.4, 0.5) is 0 Å². The van der Waals surface area contributed by atoms with Crippen LogP contribution >= 0.6 is 15.6 Å². The van der Waals surface area contributed by atoms with Crippen molar-refractivity contribution in [3.8, 4) is 0 Å². The monoisotopic (exact) mass is 1490 g/mol. The Balaban J connectivity index is 5.20. The molecule has 3 N–H and O–H groups in total. The Kier molecular flexibility index (Phi) is 70.6. The van der Waals surface area contributed by atoms with Crippen molar-refractivity contribution in [3.63, 3.8) is 0 Å². The standard InChI is InChI=1S/C83H162O17P2/c1-9-76(8)62-54-46-38-29-25-21-17-12-10-11-13-19-23-27-31-41-49-57-65-82(87)99-78(69-93-80(85)63-55-47-39-30-26-22-18-15-14-16-20-24-28-35-43-51-59-73(2)3)71-97-101(89,90)95-67-77(84)68-96-102(91,92)98-72-79(100-83(88)66-58-50-42-34-37-45-53-61-75(6)7)70-94-81(86)64-56-48-40-33-32-36-44-52-60-74(4)5/h73-79,84H,9-72H2,1-8H3,(H,89,90)(H,91,92)/t76?,77?,78-,79-/m1/s1. The van der Waals surface area contributed by atoms with Gasteiger partial charge in [-0.05, 0) is 49.4 Å². The van der Waals surface area contributed by atoms with Gasteiger partial charge in [-0.3, -0.25) is 37.3 Å². The molecule has 0 rings (SSSR count). The van der Waals surface area contributed by atoms with Crippen molar-refractivity contribution in [1.82, 2.24) is 0 Å². The molecule has 6 atom stereocenters. The van der Waals surface area contributed by atoms with Crippen LogP contribution in [0.3, 0.4) is 0 Å². The second-order valence-corrected chi connectivity index (χ2v) is 34.4. The molecular weight excluding hydrogens is 1330 g/mol. The van der Waals surface area contributed by atoms with Gasteiger partial charge in [-0.2, -0.15) is 0 Å². The zero-order valence-electron chi connectivity index (χ0n) is 67.2. The van der Waals surface area contributed by atoms with Crippen molar-refractivity contribution < 1.29 is 80.2 Å². The van der Waals surface area contributed by atoms with Crippen LogP contribution in [0.2, 0.25) is 0 Å². The van der Waals surface area contributed by atoms with E-state index in [2.05, 4.69) is 55.4 Å². The molecule has 0 aromatic heterocycles. The number of carbonyl (C=O) groups excluding carboxylic acids is 4. The fourth-order valence-electron chi connectivity index (χ4n) is 12.8. The van der Waals surface area contributed by atoms with Gasteiger partial charge in [0, 0.05) is 25.7 Å². The third kappa shape index (κ3) is 74.9. The first kappa shape index (κ1) is 100. The number of aliphatic hydroxyl groups excluding tert-OH is 1. The van der Waals surface area contributed by atoms with E-state index in [4.69, 9.17) is 37.0 Å². The van der Waals surface area contributed by atoms with Gasteiger partial charge in [0.25, 0.3) is 0 Å². The number of phosphoric ester groups is 2. The number of hydrogen-bond acceptors (Lipinski definition) is 15. The number of hydrogen-bond donors (Lipinski definition) is 3. The average Bonchev–Trinajstić information content (AvgIpc) is 0.926. The third-order valence-corrected chi connectivity index (χ3v) is 21.6. The summed E-state index contributed by atoms with van der Waals surface area (Å²) in [6, 6.07) is 0. The molecule has 0 heterocycles. The maximum absolute atomic E-state index is 13.1. The largest absolute Gasteiger partial charge is 0.472 e. The molecule has 0 spiro atoms. The van der Waals surface area contributed by atoms with Gasteiger partial charge in [-0.15, -0.1) is 0 Å². The van der Waals surface area contributed by atoms with Crippen molar-refractivity contribution in [2.24, 2.45) is 23.7 Å². The summed E-state index contributed by atoms with van der Waals surface area (Å²) in [4.78, 5) is 73.0. The lowest BCUT2D eigenvalue weighted by atomic mass is 9.99. The van der Waals surface area contributed by atoms with E-state index in [9.17, 15) is 43.2 Å². The molecule has 0 aliphatic rings. The summed E-state index contributed by atoms with van der Waals surface area (Å²) in [5, 5.41) is 10.6. The van der Waals surface area contributed by atoms with Crippen LogP contribution in [0.15, 0.2) is 0 Å². The molecule has 0 amide bonds. The maximum atomic E-state index is 13.1. The first-order valence-electron chi connectivity index (χ1n) is 42.7. The van der Waals surface area contributed by atoms with Crippen molar-refractivity contribution in [2.75, 3.05) is 39.6 Å². The predicted octanol–water partition coefficient (Wildman–Crippen LogP) is 24.8. The molecule has 0 aliphatic heterocycles. The van der Waals surface area contributed by atoms with Crippen LogP contribution < -0.4 is 0 Å². The quantitative estimate of drug-likeness (QED) is 0.0222. The van der Waals surface area contributed by atoms with Gasteiger partial charge < -0.3 is 33.8 Å². The van der Waals surface area contributed by atoms with E-state index in [1.54, 1.807) is 0 Å². The molecule has 0 saturated carbocycles. The molecular formula is C83H162O17P2. The van der Waals surface area contributed by atoms with E-state index in [0.717, 1.165) is 108 Å². The van der Waals surface area contributed by atoms with E-state index in [1.165, 1.54) is 231 Å². The van der Waals surface area contributed by atoms with Crippen LogP contribution in [0, 0.1) is 23.7 Å². The molecule has 0 fully saturated rings. The van der Waals surface area contributed by atoms with E-state index in [0.29, 0.717) is 31.6 Å². The van der Waals surface area contributed by atoms with Gasteiger partial charge >= 0.3 is 39.5 Å². The highest BCUT2D eigenvalue weighted by Gasteiger charge is 2.30. The van der Waals surface area contributed by atoms with Crippen LogP contribution in [0.5, 0.6) is 0 Å². The minimum absolute atomic E-state index is 0.103. The summed E-state index contributed by atoms with van der Waals surface area (Å²) in [5.41, 5.74) is 0. The second-order valence-electron chi connectivity index (χ2n) is 31.5. The number of aliphatic hydroxyl groups is 1. The van der Waals surface area contributed by atoms with Gasteiger partial charge in [0.15, 0.2) is 12.2 Å². The Morgan fingerprint density at radius 1 is 0.275 bits per heavy atom. The molecule has 0 saturated heterocycles. The predicted molar refractivity (Wildman–Crippen MR) is 418 cm³/mol. The molecule has 606 valence electrons. The van der Waals surface area contributed by atoms with Crippen molar-refractivity contribution in [2.45, 2.75) is 446 Å². The first-order chi connectivity index (χ1) is 49.1. The van der Waals surface area contributed by atoms with Crippen molar-refractivity contribution in [3.05, 3.63) is 0 Å². The lowest BCUT2D eigenvalue weighted by Gasteiger charge is -2.21. The summed E-state index contributed by atoms with van der Waals surface area (Å²) >= 11 is 0. The summed E-state index contributed by atoms with van der Waals surface area (Å²) in [5.74, 6) is 0.990. The summed E-state index contributed by atoms with van der Waals surface area (Å²) in [6.07, 6.45) is 60.0. The SMILES string of the molecule is CCC(C)CCCCCCCCCCCCCCCCCCCCC(=O)O[C@H](COC(=O)CCCCCCCCCCCCCCCCCCC(C)C)COP(=O)(O)OCC(O)COP(=O)(O)OC[C@@H](COC(=O)CCCCCCCCCCC(C)C)OC(=O)CCCCCCCCCC(C)C. The minimum atomic E-state index is -4.96. The van der Waals surface area contributed by atoms with Crippen molar-refractivity contribution in [1.29, 1.82) is 0 Å². The molecule has 4 unspecified atom stereocenters. The fraction of sp³-hybridized carbons (Fsp3) is 0.952. The Bertz CT molecular complexity index is 1990. The zero-order chi connectivity index (χ0) is 75.3. The van der Waals surface area contributed by atoms with Gasteiger partial charge in [-0.25, -0.2) is 9.13 Å². The molecule has 0 radical (unpaired) electrons. The Hall–Kier alpha value is -1.94. The highest BCUT2D eigenvalue weighted by atomic mass is 31.2.